The monoisotopic (exact) mass is 254 g/mol. The molecular formula is C13H19FN2O2. The summed E-state index contributed by atoms with van der Waals surface area (Å²) in [6.45, 7) is 5.39. The summed E-state index contributed by atoms with van der Waals surface area (Å²) in [5.41, 5.74) is 5.24. The van der Waals surface area contributed by atoms with Crippen molar-refractivity contribution in [1.82, 2.24) is 4.98 Å². The molecule has 1 rings (SSSR count). The first-order chi connectivity index (χ1) is 8.20. The number of rotatable bonds is 4. The molecule has 0 bridgehead atoms. The molecular weight excluding hydrogens is 235 g/mol. The number of hydrogen-bond donors (Lipinski definition) is 1. The molecule has 1 atom stereocenters. The Morgan fingerprint density at radius 2 is 2.06 bits per heavy atom. The number of halogens is 1. The molecule has 0 aromatic carbocycles. The fraction of sp³-hybridized carbons (Fsp3) is 0.538. The summed E-state index contributed by atoms with van der Waals surface area (Å²) >= 11 is 0. The fourth-order valence-electron chi connectivity index (χ4n) is 1.78. The smallest absolute Gasteiger partial charge is 0.306 e. The van der Waals surface area contributed by atoms with Gasteiger partial charge < -0.3 is 10.5 Å². The molecule has 1 unspecified atom stereocenters. The third-order valence-corrected chi connectivity index (χ3v) is 3.49. The van der Waals surface area contributed by atoms with Crippen LogP contribution in [0.1, 0.15) is 32.8 Å². The number of nitrogens with two attached hydrogens (primary N) is 1. The first-order valence-corrected chi connectivity index (χ1v) is 5.67. The Morgan fingerprint density at radius 1 is 1.44 bits per heavy atom. The quantitative estimate of drug-likeness (QED) is 0.832. The Morgan fingerprint density at radius 3 is 2.50 bits per heavy atom. The van der Waals surface area contributed by atoms with E-state index in [-0.39, 0.29) is 12.4 Å². The van der Waals surface area contributed by atoms with Crippen LogP contribution >= 0.6 is 0 Å². The molecule has 2 N–H and O–H groups in total. The van der Waals surface area contributed by atoms with Crippen LogP contribution in [-0.4, -0.2) is 23.6 Å². The van der Waals surface area contributed by atoms with Gasteiger partial charge in [-0.1, -0.05) is 6.92 Å². The maximum atomic E-state index is 13.3. The zero-order chi connectivity index (χ0) is 14.0. The van der Waals surface area contributed by atoms with Crippen molar-refractivity contribution in [3.8, 4) is 0 Å². The SMILES string of the molecule is COC(=O)CC(C)(c1cncc(F)c1)C(C)(C)N. The summed E-state index contributed by atoms with van der Waals surface area (Å²) in [5.74, 6) is -0.840. The van der Waals surface area contributed by atoms with Crippen molar-refractivity contribution in [2.45, 2.75) is 38.1 Å². The van der Waals surface area contributed by atoms with Gasteiger partial charge in [0.25, 0.3) is 0 Å². The average molecular weight is 254 g/mol. The zero-order valence-electron chi connectivity index (χ0n) is 11.2. The topological polar surface area (TPSA) is 65.2 Å². The first kappa shape index (κ1) is 14.6. The van der Waals surface area contributed by atoms with Crippen LogP contribution in [0.15, 0.2) is 18.5 Å². The van der Waals surface area contributed by atoms with Crippen LogP contribution in [0.5, 0.6) is 0 Å². The Kier molecular flexibility index (Phi) is 4.06. The summed E-state index contributed by atoms with van der Waals surface area (Å²) in [5, 5.41) is 0. The maximum absolute atomic E-state index is 13.3. The molecule has 5 heteroatoms. The Labute approximate surface area is 106 Å². The van der Waals surface area contributed by atoms with E-state index in [4.69, 9.17) is 5.73 Å². The van der Waals surface area contributed by atoms with Gasteiger partial charge in [0.15, 0.2) is 0 Å². The van der Waals surface area contributed by atoms with Crippen molar-refractivity contribution in [3.05, 3.63) is 29.8 Å². The lowest BCUT2D eigenvalue weighted by atomic mass is 9.67. The Balaban J connectivity index is 3.25. The minimum atomic E-state index is -0.755. The number of methoxy groups -OCH3 is 1. The van der Waals surface area contributed by atoms with Gasteiger partial charge >= 0.3 is 5.97 Å². The van der Waals surface area contributed by atoms with E-state index in [1.807, 2.05) is 0 Å². The van der Waals surface area contributed by atoms with E-state index in [9.17, 15) is 9.18 Å². The molecule has 1 aromatic heterocycles. The number of carbonyl (C=O) groups excluding carboxylic acids is 1. The Bertz CT molecular complexity index is 443. The van der Waals surface area contributed by atoms with Gasteiger partial charge in [0.2, 0.25) is 0 Å². The van der Waals surface area contributed by atoms with Gasteiger partial charge in [-0.3, -0.25) is 9.78 Å². The number of nitrogens with zero attached hydrogens (tertiary/aromatic N) is 1. The minimum Gasteiger partial charge on any atom is -0.469 e. The van der Waals surface area contributed by atoms with Gasteiger partial charge in [-0.25, -0.2) is 4.39 Å². The number of pyridine rings is 1. The van der Waals surface area contributed by atoms with E-state index in [0.29, 0.717) is 5.56 Å². The molecule has 0 aliphatic heterocycles. The summed E-state index contributed by atoms with van der Waals surface area (Å²) in [6.07, 6.45) is 2.71. The summed E-state index contributed by atoms with van der Waals surface area (Å²) in [4.78, 5) is 15.4. The first-order valence-electron chi connectivity index (χ1n) is 5.67. The highest BCUT2D eigenvalue weighted by molar-refractivity contribution is 5.71. The van der Waals surface area contributed by atoms with E-state index in [1.165, 1.54) is 19.4 Å². The van der Waals surface area contributed by atoms with E-state index in [0.717, 1.165) is 6.20 Å². The van der Waals surface area contributed by atoms with Crippen LogP contribution in [0, 0.1) is 5.82 Å². The summed E-state index contributed by atoms with van der Waals surface area (Å²) in [6, 6.07) is 1.35. The second-order valence-electron chi connectivity index (χ2n) is 5.20. The van der Waals surface area contributed by atoms with Crippen molar-refractivity contribution in [1.29, 1.82) is 0 Å². The molecule has 18 heavy (non-hydrogen) atoms. The molecule has 0 saturated heterocycles. The van der Waals surface area contributed by atoms with Crippen LogP contribution in [-0.2, 0) is 14.9 Å². The van der Waals surface area contributed by atoms with Crippen molar-refractivity contribution in [3.63, 3.8) is 0 Å². The molecule has 0 spiro atoms. The number of aromatic nitrogens is 1. The van der Waals surface area contributed by atoms with E-state index in [2.05, 4.69) is 9.72 Å². The van der Waals surface area contributed by atoms with Gasteiger partial charge in [-0.15, -0.1) is 0 Å². The predicted molar refractivity (Wildman–Crippen MR) is 66.4 cm³/mol. The minimum absolute atomic E-state index is 0.0676. The average Bonchev–Trinajstić information content (AvgIpc) is 2.27. The lowest BCUT2D eigenvalue weighted by Crippen LogP contribution is -2.53. The zero-order valence-corrected chi connectivity index (χ0v) is 11.2. The van der Waals surface area contributed by atoms with Crippen molar-refractivity contribution in [2.75, 3.05) is 7.11 Å². The molecule has 1 heterocycles. The van der Waals surface area contributed by atoms with E-state index < -0.39 is 16.8 Å². The number of ether oxygens (including phenoxy) is 1. The second kappa shape index (κ2) is 5.02. The summed E-state index contributed by atoms with van der Waals surface area (Å²) in [7, 11) is 1.32. The van der Waals surface area contributed by atoms with Crippen molar-refractivity contribution >= 4 is 5.97 Å². The van der Waals surface area contributed by atoms with Gasteiger partial charge in [-0.2, -0.15) is 0 Å². The van der Waals surface area contributed by atoms with Crippen LogP contribution in [0.4, 0.5) is 4.39 Å². The largest absolute Gasteiger partial charge is 0.469 e. The van der Waals surface area contributed by atoms with Crippen LogP contribution in [0.3, 0.4) is 0 Å². The van der Waals surface area contributed by atoms with Crippen LogP contribution in [0.2, 0.25) is 0 Å². The van der Waals surface area contributed by atoms with Gasteiger partial charge in [0.1, 0.15) is 5.82 Å². The number of carbonyl (C=O) groups is 1. The number of esters is 1. The normalized spacial score (nSPS) is 15.0. The molecule has 0 saturated carbocycles. The third-order valence-electron chi connectivity index (χ3n) is 3.49. The van der Waals surface area contributed by atoms with Crippen molar-refractivity contribution in [2.24, 2.45) is 5.73 Å². The predicted octanol–water partition coefficient (Wildman–Crippen LogP) is 1.78. The number of hydrogen-bond acceptors (Lipinski definition) is 4. The molecule has 0 amide bonds. The van der Waals surface area contributed by atoms with Crippen LogP contribution < -0.4 is 5.73 Å². The van der Waals surface area contributed by atoms with Crippen molar-refractivity contribution < 1.29 is 13.9 Å². The lowest BCUT2D eigenvalue weighted by molar-refractivity contribution is -0.142. The summed E-state index contributed by atoms with van der Waals surface area (Å²) < 4.78 is 18.0. The lowest BCUT2D eigenvalue weighted by Gasteiger charge is -2.41. The molecule has 0 aliphatic rings. The van der Waals surface area contributed by atoms with E-state index in [1.54, 1.807) is 20.8 Å². The Hall–Kier alpha value is -1.49. The van der Waals surface area contributed by atoms with Gasteiger partial charge in [0.05, 0.1) is 19.7 Å². The molecule has 0 aliphatic carbocycles. The molecule has 1 aromatic rings. The second-order valence-corrected chi connectivity index (χ2v) is 5.20. The third kappa shape index (κ3) is 2.85. The molecule has 0 fully saturated rings. The highest BCUT2D eigenvalue weighted by Crippen LogP contribution is 2.37. The molecule has 4 nitrogen and oxygen atoms in total. The van der Waals surface area contributed by atoms with Gasteiger partial charge in [0, 0.05) is 17.2 Å². The fourth-order valence-corrected chi connectivity index (χ4v) is 1.78. The van der Waals surface area contributed by atoms with Gasteiger partial charge in [-0.05, 0) is 25.5 Å². The highest BCUT2D eigenvalue weighted by atomic mass is 19.1. The van der Waals surface area contributed by atoms with Crippen LogP contribution in [0.25, 0.3) is 0 Å². The molecule has 100 valence electrons. The molecule has 0 radical (unpaired) electrons. The maximum Gasteiger partial charge on any atom is 0.306 e. The standard InChI is InChI=1S/C13H19FN2O2/c1-12(2,15)13(3,6-11(17)18-4)9-5-10(14)8-16-7-9/h5,7-8H,6,15H2,1-4H3. The van der Waals surface area contributed by atoms with E-state index >= 15 is 0 Å². The highest BCUT2D eigenvalue weighted by Gasteiger charge is 2.42.